The molecule has 1 unspecified atom stereocenters. The Balaban J connectivity index is 2.58. The highest BCUT2D eigenvalue weighted by Gasteiger charge is 2.09. The summed E-state index contributed by atoms with van der Waals surface area (Å²) in [6.45, 7) is 0. The quantitative estimate of drug-likeness (QED) is 0.655. The summed E-state index contributed by atoms with van der Waals surface area (Å²) in [5.74, 6) is 2.65. The van der Waals surface area contributed by atoms with E-state index in [2.05, 4.69) is 32.2 Å². The van der Waals surface area contributed by atoms with Gasteiger partial charge in [0, 0.05) is 23.1 Å². The SMILES string of the molecule is C#CCCCC(NC)c1ccc(Br)cn1. The molecule has 15 heavy (non-hydrogen) atoms. The largest absolute Gasteiger partial charge is 0.312 e. The van der Waals surface area contributed by atoms with E-state index in [1.54, 1.807) is 0 Å². The van der Waals surface area contributed by atoms with Crippen molar-refractivity contribution in [1.82, 2.24) is 10.3 Å². The van der Waals surface area contributed by atoms with Crippen LogP contribution in [0.3, 0.4) is 0 Å². The van der Waals surface area contributed by atoms with Crippen molar-refractivity contribution >= 4 is 15.9 Å². The van der Waals surface area contributed by atoms with Crippen molar-refractivity contribution in [1.29, 1.82) is 0 Å². The zero-order valence-electron chi connectivity index (χ0n) is 8.83. The van der Waals surface area contributed by atoms with Crippen molar-refractivity contribution < 1.29 is 0 Å². The van der Waals surface area contributed by atoms with Crippen molar-refractivity contribution in [3.63, 3.8) is 0 Å². The number of rotatable bonds is 5. The van der Waals surface area contributed by atoms with Crippen LogP contribution in [0.4, 0.5) is 0 Å². The van der Waals surface area contributed by atoms with E-state index in [0.717, 1.165) is 29.4 Å². The molecule has 3 heteroatoms. The van der Waals surface area contributed by atoms with Gasteiger partial charge in [-0.25, -0.2) is 0 Å². The highest BCUT2D eigenvalue weighted by molar-refractivity contribution is 9.10. The molecule has 1 rings (SSSR count). The van der Waals surface area contributed by atoms with Gasteiger partial charge in [0.15, 0.2) is 0 Å². The standard InChI is InChI=1S/C12H15BrN2/c1-3-4-5-6-11(14-2)12-8-7-10(13)9-15-12/h1,7-9,11,14H,4-6H2,2H3. The zero-order chi connectivity index (χ0) is 11.1. The van der Waals surface area contributed by atoms with Crippen LogP contribution in [-0.4, -0.2) is 12.0 Å². The Hall–Kier alpha value is -0.850. The first-order valence-electron chi connectivity index (χ1n) is 5.00. The lowest BCUT2D eigenvalue weighted by molar-refractivity contribution is 0.520. The van der Waals surface area contributed by atoms with Crippen LogP contribution in [0.15, 0.2) is 22.8 Å². The molecule has 1 aromatic heterocycles. The molecule has 0 amide bonds. The van der Waals surface area contributed by atoms with Gasteiger partial charge in [0.2, 0.25) is 0 Å². The number of pyridine rings is 1. The van der Waals surface area contributed by atoms with Crippen LogP contribution in [0.1, 0.15) is 31.0 Å². The third-order valence-electron chi connectivity index (χ3n) is 2.27. The van der Waals surface area contributed by atoms with Gasteiger partial charge in [0.25, 0.3) is 0 Å². The van der Waals surface area contributed by atoms with Crippen molar-refractivity contribution in [2.45, 2.75) is 25.3 Å². The number of terminal acetylenes is 1. The maximum absolute atomic E-state index is 5.22. The minimum Gasteiger partial charge on any atom is -0.312 e. The van der Waals surface area contributed by atoms with Crippen LogP contribution in [0.2, 0.25) is 0 Å². The van der Waals surface area contributed by atoms with Crippen molar-refractivity contribution in [2.24, 2.45) is 0 Å². The average Bonchev–Trinajstić information content (AvgIpc) is 2.26. The summed E-state index contributed by atoms with van der Waals surface area (Å²) in [7, 11) is 1.95. The Morgan fingerprint density at radius 1 is 1.60 bits per heavy atom. The van der Waals surface area contributed by atoms with E-state index in [-0.39, 0.29) is 0 Å². The summed E-state index contributed by atoms with van der Waals surface area (Å²) < 4.78 is 1.00. The highest BCUT2D eigenvalue weighted by Crippen LogP contribution is 2.18. The van der Waals surface area contributed by atoms with E-state index in [9.17, 15) is 0 Å². The topological polar surface area (TPSA) is 24.9 Å². The molecule has 1 atom stereocenters. The monoisotopic (exact) mass is 266 g/mol. The molecule has 1 heterocycles. The second-order valence-electron chi connectivity index (χ2n) is 3.34. The fourth-order valence-electron chi connectivity index (χ4n) is 1.44. The third-order valence-corrected chi connectivity index (χ3v) is 2.74. The molecule has 0 saturated heterocycles. The molecule has 2 nitrogen and oxygen atoms in total. The molecule has 0 bridgehead atoms. The number of halogens is 1. The molecule has 1 N–H and O–H groups in total. The summed E-state index contributed by atoms with van der Waals surface area (Å²) in [5.41, 5.74) is 1.07. The Bertz CT molecular complexity index is 326. The molecular weight excluding hydrogens is 252 g/mol. The lowest BCUT2D eigenvalue weighted by atomic mass is 10.1. The number of nitrogens with zero attached hydrogens (tertiary/aromatic N) is 1. The minimum absolute atomic E-state index is 0.298. The molecule has 0 aromatic carbocycles. The summed E-state index contributed by atoms with van der Waals surface area (Å²) in [4.78, 5) is 4.37. The lowest BCUT2D eigenvalue weighted by Gasteiger charge is -2.14. The molecule has 0 aliphatic heterocycles. The van der Waals surface area contributed by atoms with Gasteiger partial charge in [-0.1, -0.05) is 0 Å². The molecule has 0 saturated carbocycles. The first kappa shape index (κ1) is 12.2. The van der Waals surface area contributed by atoms with E-state index in [0.29, 0.717) is 6.04 Å². The summed E-state index contributed by atoms with van der Waals surface area (Å²) in [5, 5.41) is 3.25. The molecular formula is C12H15BrN2. The van der Waals surface area contributed by atoms with E-state index in [4.69, 9.17) is 6.42 Å². The predicted molar refractivity (Wildman–Crippen MR) is 66.4 cm³/mol. The Labute approximate surface area is 99.6 Å². The Morgan fingerprint density at radius 3 is 2.93 bits per heavy atom. The smallest absolute Gasteiger partial charge is 0.0573 e. The van der Waals surface area contributed by atoms with Crippen LogP contribution in [0.5, 0.6) is 0 Å². The fraction of sp³-hybridized carbons (Fsp3) is 0.417. The van der Waals surface area contributed by atoms with E-state index < -0.39 is 0 Å². The van der Waals surface area contributed by atoms with Crippen LogP contribution in [0, 0.1) is 12.3 Å². The van der Waals surface area contributed by atoms with Crippen molar-refractivity contribution in [2.75, 3.05) is 7.05 Å². The van der Waals surface area contributed by atoms with Gasteiger partial charge in [-0.15, -0.1) is 12.3 Å². The molecule has 0 aliphatic rings. The van der Waals surface area contributed by atoms with Gasteiger partial charge in [0.1, 0.15) is 0 Å². The van der Waals surface area contributed by atoms with Crippen LogP contribution >= 0.6 is 15.9 Å². The van der Waals surface area contributed by atoms with Crippen molar-refractivity contribution in [3.8, 4) is 12.3 Å². The van der Waals surface area contributed by atoms with E-state index >= 15 is 0 Å². The van der Waals surface area contributed by atoms with E-state index in [1.165, 1.54) is 0 Å². The normalized spacial score (nSPS) is 12.1. The predicted octanol–water partition coefficient (Wildman–Crippen LogP) is 2.91. The second-order valence-corrected chi connectivity index (χ2v) is 4.25. The summed E-state index contributed by atoms with van der Waals surface area (Å²) in [6.07, 6.45) is 9.92. The van der Waals surface area contributed by atoms with Crippen LogP contribution < -0.4 is 5.32 Å². The lowest BCUT2D eigenvalue weighted by Crippen LogP contribution is -2.17. The van der Waals surface area contributed by atoms with Gasteiger partial charge in [-0.2, -0.15) is 0 Å². The minimum atomic E-state index is 0.298. The van der Waals surface area contributed by atoms with Gasteiger partial charge in [-0.05, 0) is 48.0 Å². The Kier molecular flexibility index (Phi) is 5.38. The Morgan fingerprint density at radius 2 is 2.40 bits per heavy atom. The molecule has 80 valence electrons. The number of nitrogens with one attached hydrogen (secondary N) is 1. The number of hydrogen-bond acceptors (Lipinski definition) is 2. The maximum atomic E-state index is 5.22. The van der Waals surface area contributed by atoms with Gasteiger partial charge >= 0.3 is 0 Å². The number of unbranched alkanes of at least 4 members (excludes halogenated alkanes) is 1. The zero-order valence-corrected chi connectivity index (χ0v) is 10.4. The van der Waals surface area contributed by atoms with Gasteiger partial charge < -0.3 is 5.32 Å². The second kappa shape index (κ2) is 6.60. The molecule has 0 spiro atoms. The molecule has 0 fully saturated rings. The maximum Gasteiger partial charge on any atom is 0.0573 e. The molecule has 0 aliphatic carbocycles. The first-order valence-corrected chi connectivity index (χ1v) is 5.79. The van der Waals surface area contributed by atoms with E-state index in [1.807, 2.05) is 25.4 Å². The highest BCUT2D eigenvalue weighted by atomic mass is 79.9. The molecule has 1 aromatic rings. The summed E-state index contributed by atoms with van der Waals surface area (Å²) in [6, 6.07) is 4.33. The van der Waals surface area contributed by atoms with Crippen molar-refractivity contribution in [3.05, 3.63) is 28.5 Å². The summed E-state index contributed by atoms with van der Waals surface area (Å²) >= 11 is 3.37. The number of hydrogen-bond donors (Lipinski definition) is 1. The van der Waals surface area contributed by atoms with Crippen LogP contribution in [-0.2, 0) is 0 Å². The fourth-order valence-corrected chi connectivity index (χ4v) is 1.68. The third kappa shape index (κ3) is 4.03. The van der Waals surface area contributed by atoms with Gasteiger partial charge in [0.05, 0.1) is 5.69 Å². The first-order chi connectivity index (χ1) is 7.27. The van der Waals surface area contributed by atoms with Gasteiger partial charge in [-0.3, -0.25) is 4.98 Å². The number of aromatic nitrogens is 1. The molecule has 0 radical (unpaired) electrons. The average molecular weight is 267 g/mol. The van der Waals surface area contributed by atoms with Crippen LogP contribution in [0.25, 0.3) is 0 Å².